The fourth-order valence-corrected chi connectivity index (χ4v) is 13.6. The second-order valence-corrected chi connectivity index (χ2v) is 24.2. The first-order valence-electron chi connectivity index (χ1n) is 18.6. The molecule has 0 fully saturated rings. The Morgan fingerprint density at radius 2 is 1.24 bits per heavy atom. The number of fused-ring (bicyclic) bond motifs is 5. The fourth-order valence-electron chi connectivity index (χ4n) is 8.16. The Bertz CT molecular complexity index is 2840. The van der Waals surface area contributed by atoms with Crippen molar-refractivity contribution in [3.05, 3.63) is 169 Å². The van der Waals surface area contributed by atoms with Crippen molar-refractivity contribution in [2.45, 2.75) is 26.6 Å². The lowest BCUT2D eigenvalue weighted by atomic mass is 9.98. The maximum absolute atomic E-state index is 8.37. The lowest BCUT2D eigenvalue weighted by molar-refractivity contribution is -0.660. The van der Waals surface area contributed by atoms with Crippen LogP contribution in [-0.4, -0.2) is 21.1 Å². The molecular weight excluding hydrogens is 707 g/mol. The van der Waals surface area contributed by atoms with Crippen molar-refractivity contribution in [1.82, 2.24) is 4.98 Å². The minimum Gasteiger partial charge on any atom is -0.455 e. The van der Waals surface area contributed by atoms with E-state index < -0.39 is 16.1 Å². The highest BCUT2D eigenvalue weighted by molar-refractivity contribution is 7.19. The normalized spacial score (nSPS) is 12.1. The van der Waals surface area contributed by atoms with Gasteiger partial charge in [-0.25, -0.2) is 14.4 Å². The summed E-state index contributed by atoms with van der Waals surface area (Å²) in [6.07, 6.45) is 3.97. The molecule has 0 aliphatic heterocycles. The van der Waals surface area contributed by atoms with Gasteiger partial charge in [-0.1, -0.05) is 135 Å². The smallest absolute Gasteiger partial charge is 0.248 e. The van der Waals surface area contributed by atoms with Gasteiger partial charge in [-0.2, -0.15) is 0 Å². The van der Waals surface area contributed by atoms with Crippen LogP contribution in [0.3, 0.4) is 0 Å². The maximum atomic E-state index is 8.37. The molecule has 0 unspecified atom stereocenters. The van der Waals surface area contributed by atoms with Gasteiger partial charge in [0.25, 0.3) is 0 Å². The van der Waals surface area contributed by atoms with Crippen molar-refractivity contribution in [3.63, 3.8) is 0 Å². The molecule has 3 aromatic heterocycles. The van der Waals surface area contributed by atoms with E-state index in [0.717, 1.165) is 49.5 Å². The van der Waals surface area contributed by atoms with Crippen LogP contribution in [0.15, 0.2) is 161 Å². The number of pyridine rings is 1. The van der Waals surface area contributed by atoms with Crippen molar-refractivity contribution in [2.24, 2.45) is 7.05 Å². The third-order valence-electron chi connectivity index (χ3n) is 11.1. The third kappa shape index (κ3) is 5.56. The molecule has 0 aliphatic rings. The molecule has 7 heteroatoms. The number of aryl methyl sites for hydroxylation is 2. The van der Waals surface area contributed by atoms with E-state index >= 15 is 0 Å². The zero-order valence-corrected chi connectivity index (χ0v) is 33.6. The van der Waals surface area contributed by atoms with Crippen LogP contribution in [0.4, 0.5) is 5.69 Å². The number of hydrogen-bond acceptors (Lipinski definition) is 3. The Hall–Kier alpha value is -6.34. The largest absolute Gasteiger partial charge is 0.455 e. The summed E-state index contributed by atoms with van der Waals surface area (Å²) in [7, 11) is -2.43. The van der Waals surface area contributed by atoms with Crippen molar-refractivity contribution >= 4 is 80.8 Å². The number of aromatic nitrogens is 2. The molecule has 0 bridgehead atoms. The summed E-state index contributed by atoms with van der Waals surface area (Å²) in [5.74, 6) is 0.569. The van der Waals surface area contributed by atoms with E-state index in [9.17, 15) is 0 Å². The maximum Gasteiger partial charge on any atom is 0.248 e. The molecular formula is C48H40N3O2Si2+. The summed E-state index contributed by atoms with van der Waals surface area (Å²) in [5, 5.41) is 8.88. The minimum atomic E-state index is -2.97. The van der Waals surface area contributed by atoms with Gasteiger partial charge in [-0.05, 0) is 50.8 Å². The SMILES string of the molecule is [C-]#[N+]c1cc2c(ccc3c4ccc(C)c(-c5cc([Si](C)(C)C)cc[n+]5C)c4oc23)cc1-c1cnc([Si](c2ccccc2)(c2ccccc2)c2ccccc2)o1. The van der Waals surface area contributed by atoms with E-state index in [-0.39, 0.29) is 0 Å². The predicted molar refractivity (Wildman–Crippen MR) is 231 cm³/mol. The van der Waals surface area contributed by atoms with Crippen LogP contribution in [0.5, 0.6) is 0 Å². The molecule has 0 N–H and O–H groups in total. The van der Waals surface area contributed by atoms with Gasteiger partial charge in [0.15, 0.2) is 17.4 Å². The second-order valence-electron chi connectivity index (χ2n) is 15.4. The zero-order valence-electron chi connectivity index (χ0n) is 31.6. The second kappa shape index (κ2) is 13.2. The summed E-state index contributed by atoms with van der Waals surface area (Å²) >= 11 is 0. The Morgan fingerprint density at radius 1 is 0.636 bits per heavy atom. The van der Waals surface area contributed by atoms with Gasteiger partial charge in [-0.15, -0.1) is 0 Å². The van der Waals surface area contributed by atoms with Crippen LogP contribution in [-0.2, 0) is 7.05 Å². The summed E-state index contributed by atoms with van der Waals surface area (Å²) < 4.78 is 16.0. The number of hydrogen-bond donors (Lipinski definition) is 0. The molecule has 55 heavy (non-hydrogen) atoms. The Balaban J connectivity index is 1.23. The number of furan rings is 1. The van der Waals surface area contributed by atoms with Gasteiger partial charge in [0.1, 0.15) is 24.0 Å². The molecule has 3 heterocycles. The highest BCUT2D eigenvalue weighted by atomic mass is 28.3. The third-order valence-corrected chi connectivity index (χ3v) is 17.6. The number of oxazole rings is 1. The van der Waals surface area contributed by atoms with E-state index in [1.807, 2.05) is 24.3 Å². The molecule has 0 aliphatic carbocycles. The van der Waals surface area contributed by atoms with Crippen LogP contribution in [0.2, 0.25) is 19.6 Å². The van der Waals surface area contributed by atoms with E-state index in [0.29, 0.717) is 22.5 Å². The standard InChI is InChI=1S/C48H40N3O2Si2/c1-32-22-24-39-38-25-23-33-28-41(42(49-2)30-40(33)46(38)53-47(39)45(32)43-29-37(54(4,5)6)26-27-51(43)3)44-31-50-48(52-44)55(34-16-10-7-11-17-34,35-18-12-8-13-19-35)36-20-14-9-15-21-36/h7-31H,1,3-6H3/q+1. The molecule has 6 aromatic carbocycles. The monoisotopic (exact) mass is 746 g/mol. The molecule has 0 saturated heterocycles. The minimum absolute atomic E-state index is 0.486. The van der Waals surface area contributed by atoms with Gasteiger partial charge >= 0.3 is 0 Å². The highest BCUT2D eigenvalue weighted by Crippen LogP contribution is 2.42. The first-order chi connectivity index (χ1) is 26.7. The van der Waals surface area contributed by atoms with Crippen LogP contribution in [0, 0.1) is 13.5 Å². The molecule has 266 valence electrons. The molecule has 0 radical (unpaired) electrons. The predicted octanol–water partition coefficient (Wildman–Crippen LogP) is 8.67. The first kappa shape index (κ1) is 34.4. The lowest BCUT2D eigenvalue weighted by Gasteiger charge is -2.30. The lowest BCUT2D eigenvalue weighted by Crippen LogP contribution is -2.75. The zero-order chi connectivity index (χ0) is 37.9. The summed E-state index contributed by atoms with van der Waals surface area (Å²) in [4.78, 5) is 9.14. The number of nitrogens with zero attached hydrogens (tertiary/aromatic N) is 3. The molecule has 0 saturated carbocycles. The average Bonchev–Trinajstić information content (AvgIpc) is 3.85. The number of rotatable bonds is 7. The fraction of sp³-hybridized carbons (Fsp3) is 0.104. The summed E-state index contributed by atoms with van der Waals surface area (Å²) in [6, 6.07) is 49.0. The molecule has 9 aromatic rings. The molecule has 5 nitrogen and oxygen atoms in total. The van der Waals surface area contributed by atoms with Gasteiger partial charge in [-0.3, -0.25) is 0 Å². The Labute approximate surface area is 323 Å². The van der Waals surface area contributed by atoms with Crippen molar-refractivity contribution in [3.8, 4) is 22.6 Å². The first-order valence-corrected chi connectivity index (χ1v) is 24.1. The quantitative estimate of drug-likeness (QED) is 0.0710. The van der Waals surface area contributed by atoms with Gasteiger partial charge < -0.3 is 8.83 Å². The Kier molecular flexibility index (Phi) is 8.27. The van der Waals surface area contributed by atoms with Crippen molar-refractivity contribution in [1.29, 1.82) is 0 Å². The van der Waals surface area contributed by atoms with E-state index in [1.165, 1.54) is 20.7 Å². The molecule has 0 spiro atoms. The van der Waals surface area contributed by atoms with Crippen LogP contribution < -0.4 is 30.8 Å². The van der Waals surface area contributed by atoms with E-state index in [2.05, 4.69) is 164 Å². The molecule has 9 rings (SSSR count). The van der Waals surface area contributed by atoms with Gasteiger partial charge in [0.2, 0.25) is 13.8 Å². The van der Waals surface area contributed by atoms with Crippen LogP contribution in [0.25, 0.3) is 60.1 Å². The van der Waals surface area contributed by atoms with E-state index in [4.69, 9.17) is 20.4 Å². The van der Waals surface area contributed by atoms with Crippen LogP contribution in [0.1, 0.15) is 5.56 Å². The average molecular weight is 747 g/mol. The summed E-state index contributed by atoms with van der Waals surface area (Å²) in [6.45, 7) is 17.7. The summed E-state index contributed by atoms with van der Waals surface area (Å²) in [5.41, 5.74) is 6.90. The highest BCUT2D eigenvalue weighted by Gasteiger charge is 2.46. The topological polar surface area (TPSA) is 47.4 Å². The van der Waals surface area contributed by atoms with Gasteiger partial charge in [0.05, 0.1) is 26.4 Å². The van der Waals surface area contributed by atoms with Gasteiger partial charge in [0, 0.05) is 33.9 Å². The van der Waals surface area contributed by atoms with Crippen molar-refractivity contribution < 1.29 is 13.4 Å². The Morgan fingerprint density at radius 3 is 1.84 bits per heavy atom. The van der Waals surface area contributed by atoms with Crippen molar-refractivity contribution in [2.75, 3.05) is 0 Å². The van der Waals surface area contributed by atoms with E-state index in [1.54, 1.807) is 6.20 Å². The molecule has 0 amide bonds. The van der Waals surface area contributed by atoms with Crippen LogP contribution >= 0.6 is 0 Å². The molecule has 0 atom stereocenters. The number of benzene rings is 6.